The summed E-state index contributed by atoms with van der Waals surface area (Å²) in [7, 11) is 4.39. The van der Waals surface area contributed by atoms with Crippen molar-refractivity contribution in [2.75, 3.05) is 53.4 Å². The molecule has 100 valence electrons. The Morgan fingerprint density at radius 1 is 1.18 bits per heavy atom. The number of nitrogens with one attached hydrogen (secondary N) is 1. The first-order chi connectivity index (χ1) is 8.15. The molecule has 0 aromatic carbocycles. The zero-order chi connectivity index (χ0) is 12.3. The van der Waals surface area contributed by atoms with Crippen LogP contribution in [-0.4, -0.2) is 63.2 Å². The highest BCUT2D eigenvalue weighted by Crippen LogP contribution is 2.22. The second kappa shape index (κ2) is 6.17. The van der Waals surface area contributed by atoms with Crippen LogP contribution in [0.15, 0.2) is 0 Å². The second-order valence-electron chi connectivity index (χ2n) is 6.40. The van der Waals surface area contributed by atoms with Crippen LogP contribution in [0.2, 0.25) is 0 Å². The highest BCUT2D eigenvalue weighted by molar-refractivity contribution is 4.82. The Kier molecular flexibility index (Phi) is 4.83. The van der Waals surface area contributed by atoms with E-state index in [0.717, 1.165) is 17.8 Å². The molecule has 2 aliphatic heterocycles. The van der Waals surface area contributed by atoms with Crippen LogP contribution in [0.1, 0.15) is 19.8 Å². The molecule has 2 rings (SSSR count). The molecule has 3 heteroatoms. The van der Waals surface area contributed by atoms with E-state index in [-0.39, 0.29) is 0 Å². The number of likely N-dealkylation sites (tertiary alicyclic amines) is 1. The Hall–Kier alpha value is -0.120. The smallest absolute Gasteiger partial charge is 0.00248 e. The Labute approximate surface area is 107 Å². The molecule has 3 nitrogen and oxygen atoms in total. The fourth-order valence-electron chi connectivity index (χ4n) is 3.31. The van der Waals surface area contributed by atoms with E-state index < -0.39 is 0 Å². The topological polar surface area (TPSA) is 18.5 Å². The molecular formula is C14H29N3. The molecule has 2 heterocycles. The molecule has 0 unspecified atom stereocenters. The lowest BCUT2D eigenvalue weighted by molar-refractivity contribution is 0.139. The van der Waals surface area contributed by atoms with Gasteiger partial charge in [0.25, 0.3) is 0 Å². The largest absolute Gasteiger partial charge is 0.316 e. The summed E-state index contributed by atoms with van der Waals surface area (Å²) in [5, 5.41) is 3.51. The van der Waals surface area contributed by atoms with Crippen LogP contribution in [0.4, 0.5) is 0 Å². The lowest BCUT2D eigenvalue weighted by atomic mass is 9.93. The number of nitrogens with zero attached hydrogens (tertiary/aromatic N) is 2. The molecule has 0 amide bonds. The molecule has 0 aromatic rings. The van der Waals surface area contributed by atoms with Crippen LogP contribution in [0.5, 0.6) is 0 Å². The minimum atomic E-state index is 0.870. The van der Waals surface area contributed by atoms with Crippen LogP contribution in [-0.2, 0) is 0 Å². The maximum atomic E-state index is 3.51. The van der Waals surface area contributed by atoms with Crippen molar-refractivity contribution in [1.29, 1.82) is 0 Å². The molecule has 0 spiro atoms. The maximum Gasteiger partial charge on any atom is 0.00248 e. The van der Waals surface area contributed by atoms with E-state index >= 15 is 0 Å². The summed E-state index contributed by atoms with van der Waals surface area (Å²) in [6.07, 6.45) is 2.79. The molecule has 0 aliphatic carbocycles. The molecule has 2 fully saturated rings. The van der Waals surface area contributed by atoms with Gasteiger partial charge in [0.2, 0.25) is 0 Å². The minimum Gasteiger partial charge on any atom is -0.316 e. The molecule has 2 saturated heterocycles. The molecule has 0 bridgehead atoms. The van der Waals surface area contributed by atoms with E-state index in [9.17, 15) is 0 Å². The molecule has 0 radical (unpaired) electrons. The number of hydrogen-bond acceptors (Lipinski definition) is 3. The molecule has 17 heavy (non-hydrogen) atoms. The zero-order valence-corrected chi connectivity index (χ0v) is 11.8. The van der Waals surface area contributed by atoms with E-state index in [2.05, 4.69) is 36.1 Å². The van der Waals surface area contributed by atoms with Gasteiger partial charge < -0.3 is 15.1 Å². The van der Waals surface area contributed by atoms with Crippen LogP contribution < -0.4 is 5.32 Å². The van der Waals surface area contributed by atoms with Gasteiger partial charge in [-0.25, -0.2) is 0 Å². The second-order valence-corrected chi connectivity index (χ2v) is 6.40. The third-order valence-corrected chi connectivity index (χ3v) is 4.50. The Bertz CT molecular complexity index is 222. The third-order valence-electron chi connectivity index (χ3n) is 4.50. The summed E-state index contributed by atoms with van der Waals surface area (Å²) in [6.45, 7) is 10.1. The van der Waals surface area contributed by atoms with Crippen molar-refractivity contribution in [1.82, 2.24) is 15.1 Å². The average Bonchev–Trinajstić information content (AvgIpc) is 2.67. The standard InChI is InChI=1S/C14H29N3/c1-12-8-15-9-14(12)11-17-6-4-13(5-7-17)10-16(2)3/h12-15H,4-11H2,1-3H3/t12-,14+/m1/s1. The molecule has 1 N–H and O–H groups in total. The summed E-state index contributed by atoms with van der Waals surface area (Å²) in [5.41, 5.74) is 0. The average molecular weight is 239 g/mol. The van der Waals surface area contributed by atoms with Crippen molar-refractivity contribution < 1.29 is 0 Å². The maximum absolute atomic E-state index is 3.51. The summed E-state index contributed by atoms with van der Waals surface area (Å²) in [5.74, 6) is 2.69. The van der Waals surface area contributed by atoms with Crippen LogP contribution in [0.3, 0.4) is 0 Å². The van der Waals surface area contributed by atoms with Gasteiger partial charge in [0.15, 0.2) is 0 Å². The lowest BCUT2D eigenvalue weighted by Crippen LogP contribution is -2.40. The summed E-state index contributed by atoms with van der Waals surface area (Å²) in [6, 6.07) is 0. The van der Waals surface area contributed by atoms with E-state index in [1.807, 2.05) is 0 Å². The normalized spacial score (nSPS) is 32.5. The molecule has 2 aliphatic rings. The fraction of sp³-hybridized carbons (Fsp3) is 1.00. The first-order valence-electron chi connectivity index (χ1n) is 7.23. The van der Waals surface area contributed by atoms with Gasteiger partial charge >= 0.3 is 0 Å². The van der Waals surface area contributed by atoms with E-state index in [4.69, 9.17) is 0 Å². The van der Waals surface area contributed by atoms with Gasteiger partial charge in [-0.2, -0.15) is 0 Å². The molecule has 0 aromatic heterocycles. The Morgan fingerprint density at radius 2 is 1.88 bits per heavy atom. The fourth-order valence-corrected chi connectivity index (χ4v) is 3.31. The zero-order valence-electron chi connectivity index (χ0n) is 11.8. The predicted molar refractivity (Wildman–Crippen MR) is 73.2 cm³/mol. The number of rotatable bonds is 4. The summed E-state index contributed by atoms with van der Waals surface area (Å²) >= 11 is 0. The highest BCUT2D eigenvalue weighted by atomic mass is 15.1. The Morgan fingerprint density at radius 3 is 2.41 bits per heavy atom. The van der Waals surface area contributed by atoms with Crippen molar-refractivity contribution in [2.24, 2.45) is 17.8 Å². The third kappa shape index (κ3) is 3.94. The van der Waals surface area contributed by atoms with E-state index in [0.29, 0.717) is 0 Å². The first-order valence-corrected chi connectivity index (χ1v) is 7.23. The summed E-state index contributed by atoms with van der Waals surface area (Å²) < 4.78 is 0. The van der Waals surface area contributed by atoms with Gasteiger partial charge in [-0.05, 0) is 70.9 Å². The van der Waals surface area contributed by atoms with Gasteiger partial charge in [-0.15, -0.1) is 0 Å². The lowest BCUT2D eigenvalue weighted by Gasteiger charge is -2.35. The van der Waals surface area contributed by atoms with Crippen molar-refractivity contribution in [3.63, 3.8) is 0 Å². The van der Waals surface area contributed by atoms with Gasteiger partial charge in [0.1, 0.15) is 0 Å². The minimum absolute atomic E-state index is 0.870. The predicted octanol–water partition coefficient (Wildman–Crippen LogP) is 1.12. The van der Waals surface area contributed by atoms with Crippen molar-refractivity contribution in [2.45, 2.75) is 19.8 Å². The quantitative estimate of drug-likeness (QED) is 0.793. The van der Waals surface area contributed by atoms with Gasteiger partial charge in [0.05, 0.1) is 0 Å². The monoisotopic (exact) mass is 239 g/mol. The Balaban J connectivity index is 1.68. The summed E-state index contributed by atoms with van der Waals surface area (Å²) in [4.78, 5) is 5.03. The first kappa shape index (κ1) is 13.3. The van der Waals surface area contributed by atoms with Crippen molar-refractivity contribution in [3.8, 4) is 0 Å². The van der Waals surface area contributed by atoms with Gasteiger partial charge in [0, 0.05) is 13.1 Å². The van der Waals surface area contributed by atoms with Crippen LogP contribution in [0.25, 0.3) is 0 Å². The van der Waals surface area contributed by atoms with Gasteiger partial charge in [-0.1, -0.05) is 6.92 Å². The van der Waals surface area contributed by atoms with Crippen LogP contribution >= 0.6 is 0 Å². The number of piperidine rings is 1. The van der Waals surface area contributed by atoms with E-state index in [1.165, 1.54) is 52.1 Å². The van der Waals surface area contributed by atoms with Gasteiger partial charge in [-0.3, -0.25) is 0 Å². The van der Waals surface area contributed by atoms with Crippen molar-refractivity contribution >= 4 is 0 Å². The van der Waals surface area contributed by atoms with E-state index in [1.54, 1.807) is 0 Å². The number of hydrogen-bond donors (Lipinski definition) is 1. The molecular weight excluding hydrogens is 210 g/mol. The molecule has 0 saturated carbocycles. The van der Waals surface area contributed by atoms with Crippen molar-refractivity contribution in [3.05, 3.63) is 0 Å². The molecule has 2 atom stereocenters. The SMILES string of the molecule is C[C@@H]1CNC[C@H]1CN1CCC(CN(C)C)CC1. The van der Waals surface area contributed by atoms with Crippen LogP contribution in [0, 0.1) is 17.8 Å². The highest BCUT2D eigenvalue weighted by Gasteiger charge is 2.27.